The molecule has 2 N–H and O–H groups in total. The first kappa shape index (κ1) is 12.7. The SMILES string of the molecule is CCOC1CC(CC(N)c2cc(C)c(C)o2)C1. The van der Waals surface area contributed by atoms with Gasteiger partial charge in [0.05, 0.1) is 12.1 Å². The lowest BCUT2D eigenvalue weighted by molar-refractivity contribution is -0.0286. The van der Waals surface area contributed by atoms with Crippen LogP contribution in [0.5, 0.6) is 0 Å². The Hall–Kier alpha value is -0.800. The zero-order chi connectivity index (χ0) is 12.4. The summed E-state index contributed by atoms with van der Waals surface area (Å²) in [5, 5.41) is 0. The molecule has 1 aromatic rings. The molecule has 1 heterocycles. The smallest absolute Gasteiger partial charge is 0.121 e. The van der Waals surface area contributed by atoms with Gasteiger partial charge in [0.2, 0.25) is 0 Å². The van der Waals surface area contributed by atoms with Crippen LogP contribution >= 0.6 is 0 Å². The fraction of sp³-hybridized carbons (Fsp3) is 0.714. The molecular weight excluding hydrogens is 214 g/mol. The van der Waals surface area contributed by atoms with Gasteiger partial charge in [-0.15, -0.1) is 0 Å². The van der Waals surface area contributed by atoms with Crippen molar-refractivity contribution in [1.82, 2.24) is 0 Å². The number of aryl methyl sites for hydroxylation is 2. The highest BCUT2D eigenvalue weighted by atomic mass is 16.5. The average molecular weight is 237 g/mol. The first-order valence-electron chi connectivity index (χ1n) is 6.54. The minimum Gasteiger partial charge on any atom is -0.464 e. The Morgan fingerprint density at radius 2 is 2.18 bits per heavy atom. The molecule has 1 unspecified atom stereocenters. The van der Waals surface area contributed by atoms with Crippen LogP contribution in [-0.4, -0.2) is 12.7 Å². The molecule has 1 saturated carbocycles. The standard InChI is InChI=1S/C14H23NO2/c1-4-16-12-6-11(7-12)8-13(15)14-5-9(2)10(3)17-14/h5,11-13H,4,6-8,15H2,1-3H3. The summed E-state index contributed by atoms with van der Waals surface area (Å²) in [6, 6.07) is 2.11. The maximum atomic E-state index is 6.17. The number of rotatable bonds is 5. The van der Waals surface area contributed by atoms with E-state index in [9.17, 15) is 0 Å². The van der Waals surface area contributed by atoms with Crippen LogP contribution in [0, 0.1) is 19.8 Å². The quantitative estimate of drug-likeness (QED) is 0.856. The lowest BCUT2D eigenvalue weighted by atomic mass is 9.78. The molecule has 1 atom stereocenters. The van der Waals surface area contributed by atoms with Crippen molar-refractivity contribution < 1.29 is 9.15 Å². The Kier molecular flexibility index (Phi) is 3.89. The molecular formula is C14H23NO2. The van der Waals surface area contributed by atoms with Gasteiger partial charge in [0, 0.05) is 6.61 Å². The summed E-state index contributed by atoms with van der Waals surface area (Å²) in [6.07, 6.45) is 3.79. The van der Waals surface area contributed by atoms with E-state index in [-0.39, 0.29) is 6.04 Å². The molecule has 0 aliphatic heterocycles. The predicted octanol–water partition coefficient (Wildman–Crippen LogP) is 3.10. The van der Waals surface area contributed by atoms with E-state index in [1.807, 2.05) is 13.8 Å². The van der Waals surface area contributed by atoms with Gasteiger partial charge in [-0.3, -0.25) is 0 Å². The molecule has 0 bridgehead atoms. The summed E-state index contributed by atoms with van der Waals surface area (Å²) in [7, 11) is 0. The van der Waals surface area contributed by atoms with Gasteiger partial charge in [-0.25, -0.2) is 0 Å². The molecule has 0 aromatic carbocycles. The Balaban J connectivity index is 1.80. The van der Waals surface area contributed by atoms with Crippen LogP contribution in [-0.2, 0) is 4.74 Å². The van der Waals surface area contributed by atoms with Crippen LogP contribution in [0.15, 0.2) is 10.5 Å². The lowest BCUT2D eigenvalue weighted by Gasteiger charge is -2.36. The van der Waals surface area contributed by atoms with Crippen molar-refractivity contribution in [2.24, 2.45) is 11.7 Å². The van der Waals surface area contributed by atoms with Gasteiger partial charge >= 0.3 is 0 Å². The van der Waals surface area contributed by atoms with Gasteiger partial charge in [-0.05, 0) is 57.6 Å². The van der Waals surface area contributed by atoms with Crippen molar-refractivity contribution in [1.29, 1.82) is 0 Å². The van der Waals surface area contributed by atoms with Crippen molar-refractivity contribution in [2.75, 3.05) is 6.61 Å². The van der Waals surface area contributed by atoms with Crippen LogP contribution in [0.25, 0.3) is 0 Å². The fourth-order valence-electron chi connectivity index (χ4n) is 2.50. The number of nitrogens with two attached hydrogens (primary N) is 1. The largest absolute Gasteiger partial charge is 0.464 e. The van der Waals surface area contributed by atoms with Crippen LogP contribution in [0.3, 0.4) is 0 Å². The Labute approximate surface area is 103 Å². The molecule has 0 amide bonds. The zero-order valence-corrected chi connectivity index (χ0v) is 11.0. The highest BCUT2D eigenvalue weighted by molar-refractivity contribution is 5.20. The lowest BCUT2D eigenvalue weighted by Crippen LogP contribution is -2.33. The first-order valence-corrected chi connectivity index (χ1v) is 6.54. The normalized spacial score (nSPS) is 25.6. The maximum absolute atomic E-state index is 6.17. The van der Waals surface area contributed by atoms with Gasteiger partial charge in [-0.1, -0.05) is 0 Å². The molecule has 2 rings (SSSR count). The van der Waals surface area contributed by atoms with Crippen LogP contribution < -0.4 is 5.73 Å². The van der Waals surface area contributed by atoms with Gasteiger partial charge in [-0.2, -0.15) is 0 Å². The Bertz CT molecular complexity index is 347. The molecule has 0 spiro atoms. The molecule has 96 valence electrons. The average Bonchev–Trinajstić information content (AvgIpc) is 2.56. The van der Waals surface area contributed by atoms with Crippen LogP contribution in [0.2, 0.25) is 0 Å². The number of hydrogen-bond acceptors (Lipinski definition) is 3. The number of hydrogen-bond donors (Lipinski definition) is 1. The van der Waals surface area contributed by atoms with Gasteiger partial charge < -0.3 is 14.9 Å². The van der Waals surface area contributed by atoms with Gasteiger partial charge in [0.25, 0.3) is 0 Å². The summed E-state index contributed by atoms with van der Waals surface area (Å²) < 4.78 is 11.2. The zero-order valence-electron chi connectivity index (χ0n) is 11.0. The van der Waals surface area contributed by atoms with Crippen LogP contribution in [0.1, 0.15) is 49.3 Å². The minimum atomic E-state index is 0.0370. The van der Waals surface area contributed by atoms with Crippen molar-refractivity contribution in [3.63, 3.8) is 0 Å². The predicted molar refractivity (Wildman–Crippen MR) is 67.9 cm³/mol. The third kappa shape index (κ3) is 2.90. The number of ether oxygens (including phenoxy) is 1. The first-order chi connectivity index (χ1) is 8.10. The molecule has 1 aliphatic rings. The summed E-state index contributed by atoms with van der Waals surface area (Å²) in [6.45, 7) is 6.91. The van der Waals surface area contributed by atoms with Crippen molar-refractivity contribution in [3.05, 3.63) is 23.2 Å². The van der Waals surface area contributed by atoms with E-state index in [1.165, 1.54) is 5.56 Å². The van der Waals surface area contributed by atoms with Crippen molar-refractivity contribution in [3.8, 4) is 0 Å². The minimum absolute atomic E-state index is 0.0370. The maximum Gasteiger partial charge on any atom is 0.121 e. The van der Waals surface area contributed by atoms with Crippen molar-refractivity contribution >= 4 is 0 Å². The number of furan rings is 1. The Morgan fingerprint density at radius 3 is 2.71 bits per heavy atom. The second-order valence-corrected chi connectivity index (χ2v) is 5.14. The molecule has 3 nitrogen and oxygen atoms in total. The fourth-order valence-corrected chi connectivity index (χ4v) is 2.50. The Morgan fingerprint density at radius 1 is 1.47 bits per heavy atom. The summed E-state index contributed by atoms with van der Waals surface area (Å²) >= 11 is 0. The molecule has 1 aliphatic carbocycles. The molecule has 3 heteroatoms. The second-order valence-electron chi connectivity index (χ2n) is 5.14. The van der Waals surface area contributed by atoms with E-state index in [0.717, 1.165) is 37.4 Å². The van der Waals surface area contributed by atoms with Crippen molar-refractivity contribution in [2.45, 2.75) is 52.2 Å². The molecule has 0 saturated heterocycles. The summed E-state index contributed by atoms with van der Waals surface area (Å²) in [5.74, 6) is 2.61. The van der Waals surface area contributed by atoms with E-state index >= 15 is 0 Å². The molecule has 1 aromatic heterocycles. The van der Waals surface area contributed by atoms with E-state index in [2.05, 4.69) is 13.0 Å². The third-order valence-corrected chi connectivity index (χ3v) is 3.73. The second kappa shape index (κ2) is 5.23. The van der Waals surface area contributed by atoms with E-state index in [0.29, 0.717) is 12.0 Å². The highest BCUT2D eigenvalue weighted by Crippen LogP contribution is 2.36. The molecule has 1 fully saturated rings. The highest BCUT2D eigenvalue weighted by Gasteiger charge is 2.31. The molecule has 0 radical (unpaired) electrons. The van der Waals surface area contributed by atoms with E-state index in [4.69, 9.17) is 14.9 Å². The third-order valence-electron chi connectivity index (χ3n) is 3.73. The van der Waals surface area contributed by atoms with E-state index in [1.54, 1.807) is 0 Å². The topological polar surface area (TPSA) is 48.4 Å². The van der Waals surface area contributed by atoms with Crippen LogP contribution in [0.4, 0.5) is 0 Å². The van der Waals surface area contributed by atoms with E-state index < -0.39 is 0 Å². The monoisotopic (exact) mass is 237 g/mol. The van der Waals surface area contributed by atoms with Gasteiger partial charge in [0.1, 0.15) is 11.5 Å². The van der Waals surface area contributed by atoms with Gasteiger partial charge in [0.15, 0.2) is 0 Å². The summed E-state index contributed by atoms with van der Waals surface area (Å²) in [5.41, 5.74) is 7.36. The molecule has 17 heavy (non-hydrogen) atoms. The summed E-state index contributed by atoms with van der Waals surface area (Å²) in [4.78, 5) is 0.